The van der Waals surface area contributed by atoms with Gasteiger partial charge in [-0.25, -0.2) is 13.4 Å². The van der Waals surface area contributed by atoms with E-state index in [1.54, 1.807) is 27.1 Å². The Bertz CT molecular complexity index is 904. The number of ether oxygens (including phenoxy) is 1. The molecule has 8 nitrogen and oxygen atoms in total. The van der Waals surface area contributed by atoms with Crippen molar-refractivity contribution in [3.63, 3.8) is 0 Å². The van der Waals surface area contributed by atoms with Crippen molar-refractivity contribution in [1.82, 2.24) is 14.2 Å². The first-order valence-electron chi connectivity index (χ1n) is 8.15. The third-order valence-corrected chi connectivity index (χ3v) is 6.84. The molecule has 0 bridgehead atoms. The predicted molar refractivity (Wildman–Crippen MR) is 97.6 cm³/mol. The molecule has 1 fully saturated rings. The van der Waals surface area contributed by atoms with Crippen LogP contribution in [0.2, 0.25) is 0 Å². The first-order chi connectivity index (χ1) is 12.3. The first kappa shape index (κ1) is 19.2. The SMILES string of the molecule is C[C@H](Sc1nc2cc(S(=O)(=O)N3CCOCC3)ccc2o1)C(=O)N(C)C. The average Bonchev–Trinajstić information content (AvgIpc) is 3.02. The quantitative estimate of drug-likeness (QED) is 0.702. The van der Waals surface area contributed by atoms with Gasteiger partial charge in [0.15, 0.2) is 5.58 Å². The number of nitrogens with zero attached hydrogens (tertiary/aromatic N) is 3. The highest BCUT2D eigenvalue weighted by Gasteiger charge is 2.27. The lowest BCUT2D eigenvalue weighted by Gasteiger charge is -2.25. The fraction of sp³-hybridized carbons (Fsp3) is 0.500. The van der Waals surface area contributed by atoms with Gasteiger partial charge in [-0.2, -0.15) is 4.31 Å². The van der Waals surface area contributed by atoms with Crippen molar-refractivity contribution >= 4 is 38.8 Å². The molecule has 10 heteroatoms. The highest BCUT2D eigenvalue weighted by Crippen LogP contribution is 2.29. The number of rotatable bonds is 5. The molecule has 1 aromatic carbocycles. The number of fused-ring (bicyclic) bond motifs is 1. The fourth-order valence-corrected chi connectivity index (χ4v) is 4.93. The molecule has 0 spiro atoms. The van der Waals surface area contributed by atoms with Crippen LogP contribution >= 0.6 is 11.8 Å². The molecule has 142 valence electrons. The molecule has 1 saturated heterocycles. The zero-order chi connectivity index (χ0) is 18.9. The summed E-state index contributed by atoms with van der Waals surface area (Å²) < 4.78 is 37.7. The number of aromatic nitrogens is 1. The molecule has 0 radical (unpaired) electrons. The summed E-state index contributed by atoms with van der Waals surface area (Å²) in [5, 5.41) is -0.0155. The van der Waals surface area contributed by atoms with Gasteiger partial charge < -0.3 is 14.1 Å². The Hall–Kier alpha value is -1.62. The van der Waals surface area contributed by atoms with Crippen LogP contribution in [-0.4, -0.2) is 74.2 Å². The van der Waals surface area contributed by atoms with Gasteiger partial charge in [0.1, 0.15) is 5.52 Å². The smallest absolute Gasteiger partial charge is 0.257 e. The number of thioether (sulfide) groups is 1. The number of morpholine rings is 1. The van der Waals surface area contributed by atoms with Gasteiger partial charge in [0.05, 0.1) is 23.4 Å². The number of hydrogen-bond donors (Lipinski definition) is 0. The minimum atomic E-state index is -3.59. The number of benzene rings is 1. The number of hydrogen-bond acceptors (Lipinski definition) is 7. The molecule has 0 saturated carbocycles. The van der Waals surface area contributed by atoms with E-state index in [2.05, 4.69) is 4.98 Å². The molecule has 1 atom stereocenters. The molecule has 1 aliphatic heterocycles. The van der Waals surface area contributed by atoms with Crippen molar-refractivity contribution in [2.45, 2.75) is 22.3 Å². The van der Waals surface area contributed by atoms with Crippen molar-refractivity contribution in [3.8, 4) is 0 Å². The van der Waals surface area contributed by atoms with Crippen LogP contribution in [0.5, 0.6) is 0 Å². The molecule has 0 unspecified atom stereocenters. The molecule has 0 N–H and O–H groups in total. The zero-order valence-corrected chi connectivity index (χ0v) is 16.5. The Balaban J connectivity index is 1.84. The molecule has 2 heterocycles. The van der Waals surface area contributed by atoms with Crippen LogP contribution in [0.4, 0.5) is 0 Å². The van der Waals surface area contributed by atoms with Gasteiger partial charge in [-0.15, -0.1) is 0 Å². The van der Waals surface area contributed by atoms with E-state index < -0.39 is 10.0 Å². The zero-order valence-electron chi connectivity index (χ0n) is 14.8. The van der Waals surface area contributed by atoms with E-state index >= 15 is 0 Å². The van der Waals surface area contributed by atoms with Crippen molar-refractivity contribution < 1.29 is 22.4 Å². The molecule has 0 aliphatic carbocycles. The number of amides is 1. The summed E-state index contributed by atoms with van der Waals surface area (Å²) >= 11 is 1.20. The Morgan fingerprint density at radius 2 is 2.00 bits per heavy atom. The van der Waals surface area contributed by atoms with E-state index in [-0.39, 0.29) is 16.1 Å². The van der Waals surface area contributed by atoms with Gasteiger partial charge in [0.2, 0.25) is 15.9 Å². The minimum absolute atomic E-state index is 0.0483. The monoisotopic (exact) mass is 399 g/mol. The number of oxazole rings is 1. The molecule has 1 aliphatic rings. The van der Waals surface area contributed by atoms with E-state index in [0.717, 1.165) is 0 Å². The Labute approximate surface area is 156 Å². The van der Waals surface area contributed by atoms with Crippen molar-refractivity contribution in [3.05, 3.63) is 18.2 Å². The van der Waals surface area contributed by atoms with E-state index in [4.69, 9.17) is 9.15 Å². The molecular formula is C16H21N3O5S2. The lowest BCUT2D eigenvalue weighted by Crippen LogP contribution is -2.40. The second-order valence-electron chi connectivity index (χ2n) is 6.12. The molecule has 1 amide bonds. The number of carbonyl (C=O) groups excluding carboxylic acids is 1. The third kappa shape index (κ3) is 3.88. The lowest BCUT2D eigenvalue weighted by atomic mass is 10.3. The van der Waals surface area contributed by atoms with Gasteiger partial charge in [0, 0.05) is 27.2 Å². The highest BCUT2D eigenvalue weighted by molar-refractivity contribution is 8.00. The molecule has 26 heavy (non-hydrogen) atoms. The maximum Gasteiger partial charge on any atom is 0.257 e. The summed E-state index contributed by atoms with van der Waals surface area (Å²) in [6.07, 6.45) is 0. The van der Waals surface area contributed by atoms with Gasteiger partial charge in [0.25, 0.3) is 5.22 Å². The summed E-state index contributed by atoms with van der Waals surface area (Å²) in [4.78, 5) is 18.0. The standard InChI is InChI=1S/C16H21N3O5S2/c1-11(15(20)18(2)3)25-16-17-13-10-12(4-5-14(13)24-16)26(21,22)19-6-8-23-9-7-19/h4-5,10-11H,6-9H2,1-3H3/t11-/m0/s1. The molecular weight excluding hydrogens is 378 g/mol. The summed E-state index contributed by atoms with van der Waals surface area (Å²) in [6.45, 7) is 3.24. The second-order valence-corrected chi connectivity index (χ2v) is 9.35. The summed E-state index contributed by atoms with van der Waals surface area (Å²) in [5.41, 5.74) is 0.935. The van der Waals surface area contributed by atoms with E-state index in [9.17, 15) is 13.2 Å². The number of sulfonamides is 1. The average molecular weight is 399 g/mol. The van der Waals surface area contributed by atoms with Crippen LogP contribution in [0.15, 0.2) is 32.7 Å². The normalized spacial score (nSPS) is 17.3. The largest absolute Gasteiger partial charge is 0.431 e. The first-order valence-corrected chi connectivity index (χ1v) is 10.5. The Kier molecular flexibility index (Phi) is 5.56. The van der Waals surface area contributed by atoms with Crippen molar-refractivity contribution in [2.75, 3.05) is 40.4 Å². The predicted octanol–water partition coefficient (Wildman–Crippen LogP) is 1.42. The van der Waals surface area contributed by atoms with Crippen LogP contribution in [0.25, 0.3) is 11.1 Å². The lowest BCUT2D eigenvalue weighted by molar-refractivity contribution is -0.127. The van der Waals surface area contributed by atoms with Crippen molar-refractivity contribution in [1.29, 1.82) is 0 Å². The second kappa shape index (κ2) is 7.55. The van der Waals surface area contributed by atoms with Gasteiger partial charge in [-0.1, -0.05) is 11.8 Å². The maximum atomic E-state index is 12.7. The fourth-order valence-electron chi connectivity index (χ4n) is 2.60. The van der Waals surface area contributed by atoms with Gasteiger partial charge in [-0.3, -0.25) is 4.79 Å². The minimum Gasteiger partial charge on any atom is -0.431 e. The van der Waals surface area contributed by atoms with E-state index in [0.29, 0.717) is 42.6 Å². The highest BCUT2D eigenvalue weighted by atomic mass is 32.2. The Morgan fingerprint density at radius 1 is 1.31 bits per heavy atom. The summed E-state index contributed by atoms with van der Waals surface area (Å²) in [5.74, 6) is -0.0483. The maximum absolute atomic E-state index is 12.7. The molecule has 3 rings (SSSR count). The van der Waals surface area contributed by atoms with E-state index in [1.807, 2.05) is 0 Å². The molecule has 2 aromatic rings. The summed E-state index contributed by atoms with van der Waals surface area (Å²) in [7, 11) is -0.210. The third-order valence-electron chi connectivity index (χ3n) is 4.01. The number of carbonyl (C=O) groups is 1. The Morgan fingerprint density at radius 3 is 2.65 bits per heavy atom. The van der Waals surface area contributed by atoms with Crippen LogP contribution in [0.3, 0.4) is 0 Å². The van der Waals surface area contributed by atoms with Crippen LogP contribution in [-0.2, 0) is 19.6 Å². The van der Waals surface area contributed by atoms with Crippen LogP contribution in [0.1, 0.15) is 6.92 Å². The van der Waals surface area contributed by atoms with Gasteiger partial charge in [-0.05, 0) is 25.1 Å². The van der Waals surface area contributed by atoms with Gasteiger partial charge >= 0.3 is 0 Å². The topological polar surface area (TPSA) is 93.0 Å². The van der Waals surface area contributed by atoms with E-state index in [1.165, 1.54) is 33.1 Å². The van der Waals surface area contributed by atoms with Crippen LogP contribution in [0, 0.1) is 0 Å². The van der Waals surface area contributed by atoms with Crippen molar-refractivity contribution in [2.24, 2.45) is 0 Å². The van der Waals surface area contributed by atoms with Crippen LogP contribution < -0.4 is 0 Å². The summed E-state index contributed by atoms with van der Waals surface area (Å²) in [6, 6.07) is 4.62. The molecule has 1 aromatic heterocycles.